The van der Waals surface area contributed by atoms with Crippen LogP contribution < -0.4 is 0 Å². The summed E-state index contributed by atoms with van der Waals surface area (Å²) in [7, 11) is 0. The molecule has 3 heteroatoms. The topological polar surface area (TPSA) is 30.7 Å². The van der Waals surface area contributed by atoms with Crippen molar-refractivity contribution < 1.29 is 0 Å². The lowest BCUT2D eigenvalue weighted by molar-refractivity contribution is 1.09. The van der Waals surface area contributed by atoms with Crippen LogP contribution >= 0.6 is 0 Å². The molecule has 1 aromatic carbocycles. The van der Waals surface area contributed by atoms with E-state index in [0.717, 1.165) is 16.7 Å². The molecule has 0 spiro atoms. The van der Waals surface area contributed by atoms with Gasteiger partial charge in [-0.1, -0.05) is 17.7 Å². The van der Waals surface area contributed by atoms with Gasteiger partial charge in [0.05, 0.1) is 11.7 Å². The minimum Gasteiger partial charge on any atom is -0.299 e. The number of benzene rings is 1. The Morgan fingerprint density at radius 3 is 2.69 bits per heavy atom. The van der Waals surface area contributed by atoms with Crippen LogP contribution in [0.1, 0.15) is 5.56 Å². The molecule has 0 aliphatic heterocycles. The van der Waals surface area contributed by atoms with Crippen molar-refractivity contribution in [3.05, 3.63) is 54.6 Å². The highest BCUT2D eigenvalue weighted by Crippen LogP contribution is 2.17. The van der Waals surface area contributed by atoms with E-state index in [4.69, 9.17) is 0 Å². The van der Waals surface area contributed by atoms with Gasteiger partial charge in [0, 0.05) is 11.9 Å². The summed E-state index contributed by atoms with van der Waals surface area (Å²) < 4.78 is 2.07. The first-order valence-electron chi connectivity index (χ1n) is 5.19. The molecule has 3 aromatic rings. The maximum Gasteiger partial charge on any atom is 0.107 e. The largest absolute Gasteiger partial charge is 0.299 e. The number of imidazole rings is 1. The van der Waals surface area contributed by atoms with Crippen molar-refractivity contribution in [1.82, 2.24) is 14.5 Å². The predicted octanol–water partition coefficient (Wildman–Crippen LogP) is 2.73. The molecule has 0 atom stereocenters. The number of aromatic nitrogens is 3. The number of aryl methyl sites for hydroxylation is 1. The third-order valence-corrected chi connectivity index (χ3v) is 2.66. The molecule has 0 bridgehead atoms. The fraction of sp³-hybridized carbons (Fsp3) is 0.0769. The summed E-state index contributed by atoms with van der Waals surface area (Å²) in [6, 6.07) is 10.4. The lowest BCUT2D eigenvalue weighted by Crippen LogP contribution is -1.91. The van der Waals surface area contributed by atoms with E-state index in [2.05, 4.69) is 45.7 Å². The number of hydrogen-bond donors (Lipinski definition) is 0. The fourth-order valence-corrected chi connectivity index (χ4v) is 1.78. The van der Waals surface area contributed by atoms with Gasteiger partial charge in [-0.3, -0.25) is 9.55 Å². The van der Waals surface area contributed by atoms with Crippen LogP contribution in [-0.2, 0) is 0 Å². The molecule has 3 nitrogen and oxygen atoms in total. The predicted molar refractivity (Wildman–Crippen MR) is 63.6 cm³/mol. The highest BCUT2D eigenvalue weighted by atomic mass is 15.1. The second-order valence-electron chi connectivity index (χ2n) is 3.81. The molecule has 0 saturated heterocycles. The Morgan fingerprint density at radius 1 is 1.06 bits per heavy atom. The highest BCUT2D eigenvalue weighted by Gasteiger charge is 2.03. The first-order valence-corrected chi connectivity index (χ1v) is 5.19. The molecule has 78 valence electrons. The van der Waals surface area contributed by atoms with Crippen LogP contribution in [0.3, 0.4) is 0 Å². The van der Waals surface area contributed by atoms with E-state index in [1.807, 2.05) is 12.4 Å². The molecule has 3 rings (SSSR count). The van der Waals surface area contributed by atoms with Crippen molar-refractivity contribution >= 4 is 11.0 Å². The number of hydrogen-bond acceptors (Lipinski definition) is 2. The first-order chi connectivity index (χ1) is 7.84. The standard InChI is InChI=1S/C13H11N3/c1-10-2-4-11(5-3-10)16-9-15-12-8-14-7-6-13(12)16/h2-9H,1H3. The Morgan fingerprint density at radius 2 is 1.88 bits per heavy atom. The highest BCUT2D eigenvalue weighted by molar-refractivity contribution is 5.75. The van der Waals surface area contributed by atoms with Gasteiger partial charge in [0.15, 0.2) is 0 Å². The van der Waals surface area contributed by atoms with Crippen molar-refractivity contribution in [2.75, 3.05) is 0 Å². The number of rotatable bonds is 1. The summed E-state index contributed by atoms with van der Waals surface area (Å²) in [5.74, 6) is 0. The molecule has 0 amide bonds. The van der Waals surface area contributed by atoms with Crippen LogP contribution in [0, 0.1) is 6.92 Å². The van der Waals surface area contributed by atoms with E-state index in [9.17, 15) is 0 Å². The summed E-state index contributed by atoms with van der Waals surface area (Å²) in [5.41, 5.74) is 4.39. The lowest BCUT2D eigenvalue weighted by Gasteiger charge is -2.03. The average Bonchev–Trinajstić information content (AvgIpc) is 2.74. The SMILES string of the molecule is Cc1ccc(-n2cnc3cnccc32)cc1. The molecule has 0 fully saturated rings. The smallest absolute Gasteiger partial charge is 0.107 e. The minimum absolute atomic E-state index is 0.920. The Balaban J connectivity index is 2.22. The van der Waals surface area contributed by atoms with Crippen molar-refractivity contribution in [3.63, 3.8) is 0 Å². The van der Waals surface area contributed by atoms with Gasteiger partial charge in [-0.15, -0.1) is 0 Å². The van der Waals surface area contributed by atoms with E-state index >= 15 is 0 Å². The Kier molecular flexibility index (Phi) is 1.96. The van der Waals surface area contributed by atoms with Gasteiger partial charge in [-0.05, 0) is 25.1 Å². The number of fused-ring (bicyclic) bond motifs is 1. The zero-order valence-corrected chi connectivity index (χ0v) is 8.96. The molecule has 2 heterocycles. The van der Waals surface area contributed by atoms with Gasteiger partial charge in [-0.25, -0.2) is 4.98 Å². The zero-order valence-electron chi connectivity index (χ0n) is 8.96. The molecule has 0 radical (unpaired) electrons. The van der Waals surface area contributed by atoms with Gasteiger partial charge >= 0.3 is 0 Å². The van der Waals surface area contributed by atoms with Crippen LogP contribution in [0.15, 0.2) is 49.1 Å². The number of nitrogens with zero attached hydrogens (tertiary/aromatic N) is 3. The molecule has 0 aliphatic rings. The molecule has 16 heavy (non-hydrogen) atoms. The van der Waals surface area contributed by atoms with E-state index < -0.39 is 0 Å². The van der Waals surface area contributed by atoms with Crippen molar-refractivity contribution in [1.29, 1.82) is 0 Å². The van der Waals surface area contributed by atoms with E-state index in [-0.39, 0.29) is 0 Å². The third-order valence-electron chi connectivity index (χ3n) is 2.66. The zero-order chi connectivity index (χ0) is 11.0. The van der Waals surface area contributed by atoms with Gasteiger partial charge < -0.3 is 0 Å². The Hall–Kier alpha value is -2.16. The van der Waals surface area contributed by atoms with E-state index in [1.54, 1.807) is 12.4 Å². The van der Waals surface area contributed by atoms with Gasteiger partial charge in [0.2, 0.25) is 0 Å². The summed E-state index contributed by atoms with van der Waals surface area (Å²) in [6.45, 7) is 2.08. The molecule has 0 N–H and O–H groups in total. The van der Waals surface area contributed by atoms with Crippen molar-refractivity contribution in [2.24, 2.45) is 0 Å². The monoisotopic (exact) mass is 209 g/mol. The van der Waals surface area contributed by atoms with E-state index in [1.165, 1.54) is 5.56 Å². The Labute approximate surface area is 93.4 Å². The molecule has 2 aromatic heterocycles. The second-order valence-corrected chi connectivity index (χ2v) is 3.81. The normalized spacial score (nSPS) is 10.8. The third kappa shape index (κ3) is 1.37. The fourth-order valence-electron chi connectivity index (χ4n) is 1.78. The Bertz CT molecular complexity index is 623. The van der Waals surface area contributed by atoms with Crippen LogP contribution in [0.5, 0.6) is 0 Å². The first kappa shape index (κ1) is 9.09. The van der Waals surface area contributed by atoms with Crippen LogP contribution in [0.2, 0.25) is 0 Å². The molecule has 0 saturated carbocycles. The summed E-state index contributed by atoms with van der Waals surface area (Å²) in [5, 5.41) is 0. The lowest BCUT2D eigenvalue weighted by atomic mass is 10.2. The maximum atomic E-state index is 4.32. The quantitative estimate of drug-likeness (QED) is 0.617. The number of pyridine rings is 1. The minimum atomic E-state index is 0.920. The second kappa shape index (κ2) is 3.45. The molecule has 0 unspecified atom stereocenters. The molecular weight excluding hydrogens is 198 g/mol. The molecule has 0 aliphatic carbocycles. The molecular formula is C13H11N3. The average molecular weight is 209 g/mol. The van der Waals surface area contributed by atoms with Crippen molar-refractivity contribution in [3.8, 4) is 5.69 Å². The summed E-state index contributed by atoms with van der Waals surface area (Å²) >= 11 is 0. The summed E-state index contributed by atoms with van der Waals surface area (Å²) in [4.78, 5) is 8.38. The summed E-state index contributed by atoms with van der Waals surface area (Å²) in [6.07, 6.45) is 5.39. The van der Waals surface area contributed by atoms with Crippen LogP contribution in [-0.4, -0.2) is 14.5 Å². The van der Waals surface area contributed by atoms with Crippen LogP contribution in [0.4, 0.5) is 0 Å². The van der Waals surface area contributed by atoms with Crippen molar-refractivity contribution in [2.45, 2.75) is 6.92 Å². The van der Waals surface area contributed by atoms with E-state index in [0.29, 0.717) is 0 Å². The maximum absolute atomic E-state index is 4.32. The van der Waals surface area contributed by atoms with Gasteiger partial charge in [0.1, 0.15) is 11.8 Å². The van der Waals surface area contributed by atoms with Gasteiger partial charge in [-0.2, -0.15) is 0 Å². The van der Waals surface area contributed by atoms with Crippen LogP contribution in [0.25, 0.3) is 16.7 Å². The van der Waals surface area contributed by atoms with Gasteiger partial charge in [0.25, 0.3) is 0 Å².